The largest absolute Gasteiger partial charge is 0.302 e. The number of fused-ring (bicyclic) bond motifs is 1. The molecule has 0 N–H and O–H groups in total. The Balaban J connectivity index is 1.69. The highest BCUT2D eigenvalue weighted by atomic mass is 32.2. The van der Waals surface area contributed by atoms with E-state index < -0.39 is 0 Å². The molecule has 2 aromatic heterocycles. The summed E-state index contributed by atoms with van der Waals surface area (Å²) in [4.78, 5) is 17.4. The number of para-hydroxylation sites is 1. The first-order chi connectivity index (χ1) is 14.2. The lowest BCUT2D eigenvalue weighted by Crippen LogP contribution is -2.24. The molecule has 29 heavy (non-hydrogen) atoms. The first-order valence-electron chi connectivity index (χ1n) is 9.19. The molecule has 2 heterocycles. The third-order valence-corrected chi connectivity index (χ3v) is 5.53. The van der Waals surface area contributed by atoms with Gasteiger partial charge in [-0.3, -0.25) is 9.36 Å². The van der Waals surface area contributed by atoms with E-state index >= 15 is 0 Å². The number of nitriles is 1. The van der Waals surface area contributed by atoms with Crippen LogP contribution in [0.3, 0.4) is 0 Å². The van der Waals surface area contributed by atoms with Crippen molar-refractivity contribution in [2.24, 2.45) is 0 Å². The first kappa shape index (κ1) is 18.9. The van der Waals surface area contributed by atoms with Gasteiger partial charge in [-0.05, 0) is 19.1 Å². The smallest absolute Gasteiger partial charge is 0.262 e. The molecule has 7 nitrogen and oxygen atoms in total. The van der Waals surface area contributed by atoms with Gasteiger partial charge in [-0.2, -0.15) is 5.26 Å². The Hall–Kier alpha value is -3.44. The van der Waals surface area contributed by atoms with Crippen LogP contribution in [0.5, 0.6) is 0 Å². The summed E-state index contributed by atoms with van der Waals surface area (Å²) < 4.78 is 3.47. The molecule has 144 valence electrons. The highest BCUT2D eigenvalue weighted by Crippen LogP contribution is 2.26. The third kappa shape index (κ3) is 3.65. The molecule has 0 aliphatic rings. The minimum absolute atomic E-state index is 0.0394. The van der Waals surface area contributed by atoms with Gasteiger partial charge in [0.05, 0.1) is 22.7 Å². The van der Waals surface area contributed by atoms with Crippen LogP contribution in [0.2, 0.25) is 0 Å². The molecular weight excluding hydrogens is 384 g/mol. The number of thioether (sulfide) groups is 1. The fraction of sp³-hybridized carbons (Fsp3) is 0.190. The summed E-state index contributed by atoms with van der Waals surface area (Å²) in [7, 11) is 0. The summed E-state index contributed by atoms with van der Waals surface area (Å²) in [6.45, 7) is 2.72. The number of rotatable bonds is 6. The predicted octanol–water partition coefficient (Wildman–Crippen LogP) is 3.49. The van der Waals surface area contributed by atoms with Gasteiger partial charge in [0.1, 0.15) is 12.4 Å². The van der Waals surface area contributed by atoms with Gasteiger partial charge in [0.25, 0.3) is 5.56 Å². The van der Waals surface area contributed by atoms with Crippen LogP contribution in [0.1, 0.15) is 12.7 Å². The van der Waals surface area contributed by atoms with Gasteiger partial charge in [-0.15, -0.1) is 10.2 Å². The van der Waals surface area contributed by atoms with E-state index in [2.05, 4.69) is 21.3 Å². The van der Waals surface area contributed by atoms with E-state index in [1.54, 1.807) is 12.1 Å². The second-order valence-electron chi connectivity index (χ2n) is 6.30. The fourth-order valence-electron chi connectivity index (χ4n) is 3.17. The molecule has 0 spiro atoms. The van der Waals surface area contributed by atoms with Crippen LogP contribution in [0.15, 0.2) is 64.5 Å². The average molecular weight is 402 g/mol. The maximum absolute atomic E-state index is 12.8. The number of hydrogen-bond donors (Lipinski definition) is 0. The van der Waals surface area contributed by atoms with Gasteiger partial charge in [-0.25, -0.2) is 4.98 Å². The van der Waals surface area contributed by atoms with Crippen molar-refractivity contribution < 1.29 is 0 Å². The third-order valence-electron chi connectivity index (χ3n) is 4.56. The SMILES string of the molecule is CCn1c(SCc2nc3ccccc3c(=O)n2CC#N)nnc1-c1ccccc1. The molecule has 0 atom stereocenters. The van der Waals surface area contributed by atoms with Crippen molar-refractivity contribution in [2.75, 3.05) is 0 Å². The monoisotopic (exact) mass is 402 g/mol. The molecule has 0 unspecified atom stereocenters. The molecular formula is C21H18N6OS. The molecule has 0 fully saturated rings. The van der Waals surface area contributed by atoms with Crippen molar-refractivity contribution in [1.82, 2.24) is 24.3 Å². The lowest BCUT2D eigenvalue weighted by molar-refractivity contribution is 0.684. The van der Waals surface area contributed by atoms with Crippen molar-refractivity contribution in [3.8, 4) is 17.5 Å². The van der Waals surface area contributed by atoms with Crippen molar-refractivity contribution in [3.05, 3.63) is 70.8 Å². The molecule has 8 heteroatoms. The van der Waals surface area contributed by atoms with Crippen molar-refractivity contribution >= 4 is 22.7 Å². The highest BCUT2D eigenvalue weighted by molar-refractivity contribution is 7.98. The van der Waals surface area contributed by atoms with E-state index in [1.165, 1.54) is 16.3 Å². The van der Waals surface area contributed by atoms with E-state index in [1.807, 2.05) is 54.0 Å². The Labute approximate surface area is 171 Å². The van der Waals surface area contributed by atoms with Crippen molar-refractivity contribution in [3.63, 3.8) is 0 Å². The quantitative estimate of drug-likeness (QED) is 0.459. The van der Waals surface area contributed by atoms with Gasteiger partial charge in [0, 0.05) is 12.1 Å². The van der Waals surface area contributed by atoms with Gasteiger partial charge >= 0.3 is 0 Å². The predicted molar refractivity (Wildman–Crippen MR) is 112 cm³/mol. The van der Waals surface area contributed by atoms with Crippen LogP contribution < -0.4 is 5.56 Å². The molecule has 0 saturated carbocycles. The minimum atomic E-state index is -0.199. The molecule has 4 aromatic rings. The molecule has 0 saturated heterocycles. The Morgan fingerprint density at radius 2 is 1.79 bits per heavy atom. The topological polar surface area (TPSA) is 89.4 Å². The van der Waals surface area contributed by atoms with Gasteiger partial charge in [0.2, 0.25) is 0 Å². The van der Waals surface area contributed by atoms with Crippen molar-refractivity contribution in [2.45, 2.75) is 30.9 Å². The number of benzene rings is 2. The molecule has 2 aromatic carbocycles. The lowest BCUT2D eigenvalue weighted by atomic mass is 10.2. The van der Waals surface area contributed by atoms with E-state index in [0.717, 1.165) is 23.1 Å². The Morgan fingerprint density at radius 3 is 2.55 bits per heavy atom. The van der Waals surface area contributed by atoms with Crippen LogP contribution in [0.25, 0.3) is 22.3 Å². The molecule has 0 bridgehead atoms. The highest BCUT2D eigenvalue weighted by Gasteiger charge is 2.16. The molecule has 0 aliphatic heterocycles. The van der Waals surface area contributed by atoms with Crippen LogP contribution in [0, 0.1) is 11.3 Å². The molecule has 0 amide bonds. The fourth-order valence-corrected chi connectivity index (χ4v) is 4.12. The zero-order chi connectivity index (χ0) is 20.2. The average Bonchev–Trinajstić information content (AvgIpc) is 3.18. The maximum Gasteiger partial charge on any atom is 0.262 e. The zero-order valence-electron chi connectivity index (χ0n) is 15.8. The summed E-state index contributed by atoms with van der Waals surface area (Å²) in [5.41, 5.74) is 1.43. The Kier molecular flexibility index (Phi) is 5.40. The summed E-state index contributed by atoms with van der Waals surface area (Å²) in [6, 6.07) is 19.1. The second kappa shape index (κ2) is 8.29. The summed E-state index contributed by atoms with van der Waals surface area (Å²) in [5.74, 6) is 1.76. The molecule has 0 aliphatic carbocycles. The molecule has 0 radical (unpaired) electrons. The van der Waals surface area contributed by atoms with E-state index in [9.17, 15) is 4.79 Å². The summed E-state index contributed by atoms with van der Waals surface area (Å²) >= 11 is 1.46. The van der Waals surface area contributed by atoms with E-state index in [4.69, 9.17) is 5.26 Å². The number of hydrogen-bond acceptors (Lipinski definition) is 6. The zero-order valence-corrected chi connectivity index (χ0v) is 16.6. The van der Waals surface area contributed by atoms with E-state index in [-0.39, 0.29) is 12.1 Å². The summed E-state index contributed by atoms with van der Waals surface area (Å²) in [6.07, 6.45) is 0. The van der Waals surface area contributed by atoms with Gasteiger partial charge in [-0.1, -0.05) is 54.2 Å². The van der Waals surface area contributed by atoms with Crippen LogP contribution in [0.4, 0.5) is 0 Å². The lowest BCUT2D eigenvalue weighted by Gasteiger charge is -2.11. The second-order valence-corrected chi connectivity index (χ2v) is 7.24. The summed E-state index contributed by atoms with van der Waals surface area (Å²) in [5, 5.41) is 19.1. The Morgan fingerprint density at radius 1 is 1.03 bits per heavy atom. The van der Waals surface area contributed by atoms with Crippen LogP contribution in [-0.4, -0.2) is 24.3 Å². The maximum atomic E-state index is 12.8. The normalized spacial score (nSPS) is 10.9. The van der Waals surface area contributed by atoms with Gasteiger partial charge < -0.3 is 4.57 Å². The van der Waals surface area contributed by atoms with Crippen molar-refractivity contribution in [1.29, 1.82) is 5.26 Å². The number of nitrogens with zero attached hydrogens (tertiary/aromatic N) is 6. The molecule has 4 rings (SSSR count). The van der Waals surface area contributed by atoms with Crippen LogP contribution in [-0.2, 0) is 18.8 Å². The first-order valence-corrected chi connectivity index (χ1v) is 10.2. The van der Waals surface area contributed by atoms with Gasteiger partial charge in [0.15, 0.2) is 11.0 Å². The van der Waals surface area contributed by atoms with E-state index in [0.29, 0.717) is 22.5 Å². The standard InChI is InChI=1S/C21H18N6OS/c1-2-26-19(15-8-4-3-5-9-15)24-25-21(26)29-14-18-23-17-11-7-6-10-16(17)20(28)27(18)13-12-22/h3-11H,2,13-14H2,1H3. The number of aromatic nitrogens is 5. The van der Waals surface area contributed by atoms with Crippen LogP contribution >= 0.6 is 11.8 Å². The Bertz CT molecular complexity index is 1260. The minimum Gasteiger partial charge on any atom is -0.302 e.